The third-order valence-electron chi connectivity index (χ3n) is 4.35. The number of amidine groups is 1. The molecule has 1 fully saturated rings. The highest BCUT2D eigenvalue weighted by Gasteiger charge is 2.35. The maximum Gasteiger partial charge on any atom is 0.287 e. The molecule has 3 rings (SSSR count). The van der Waals surface area contributed by atoms with E-state index in [4.69, 9.17) is 9.47 Å². The van der Waals surface area contributed by atoms with Crippen molar-refractivity contribution in [3.8, 4) is 17.4 Å². The standard InChI is InChI=1S/C22H24N4O5S/c1-13(2)24-22-25(14(3)4)21(27)19(32-22)11-15-6-8-17(18(10-15)30-5)31-20-9-7-16(12-23-20)26(28)29/h6-14H,1-5H3/b19-11+,24-22?. The summed E-state index contributed by atoms with van der Waals surface area (Å²) in [4.78, 5) is 34.0. The molecule has 10 heteroatoms. The minimum absolute atomic E-state index is 0.00194. The number of rotatable bonds is 7. The van der Waals surface area contributed by atoms with Crippen molar-refractivity contribution in [3.05, 3.63) is 57.1 Å². The molecule has 0 aliphatic carbocycles. The lowest BCUT2D eigenvalue weighted by Gasteiger charge is -2.20. The summed E-state index contributed by atoms with van der Waals surface area (Å²) in [6, 6.07) is 8.04. The summed E-state index contributed by atoms with van der Waals surface area (Å²) < 4.78 is 11.1. The number of benzene rings is 1. The molecular formula is C22H24N4O5S. The third kappa shape index (κ3) is 5.25. The lowest BCUT2D eigenvalue weighted by Crippen LogP contribution is -2.35. The zero-order valence-electron chi connectivity index (χ0n) is 18.4. The highest BCUT2D eigenvalue weighted by Crippen LogP contribution is 2.37. The van der Waals surface area contributed by atoms with Gasteiger partial charge in [-0.05, 0) is 63.2 Å². The fraction of sp³-hybridized carbons (Fsp3) is 0.318. The van der Waals surface area contributed by atoms with Crippen LogP contribution in [0.3, 0.4) is 0 Å². The topological polar surface area (TPSA) is 107 Å². The third-order valence-corrected chi connectivity index (χ3v) is 5.35. The predicted molar refractivity (Wildman–Crippen MR) is 124 cm³/mol. The van der Waals surface area contributed by atoms with Gasteiger partial charge in [-0.25, -0.2) is 4.98 Å². The number of ether oxygens (including phenoxy) is 2. The summed E-state index contributed by atoms with van der Waals surface area (Å²) in [6.45, 7) is 7.86. The minimum Gasteiger partial charge on any atom is -0.493 e. The maximum absolute atomic E-state index is 12.9. The van der Waals surface area contributed by atoms with Crippen LogP contribution in [0.15, 0.2) is 46.4 Å². The Labute approximate surface area is 190 Å². The van der Waals surface area contributed by atoms with Crippen molar-refractivity contribution in [2.24, 2.45) is 4.99 Å². The Morgan fingerprint density at radius 1 is 1.19 bits per heavy atom. The second-order valence-corrected chi connectivity index (χ2v) is 8.52. The van der Waals surface area contributed by atoms with E-state index in [0.29, 0.717) is 21.6 Å². The maximum atomic E-state index is 12.9. The Kier molecular flexibility index (Phi) is 7.14. The van der Waals surface area contributed by atoms with Gasteiger partial charge in [-0.15, -0.1) is 0 Å². The molecule has 0 unspecified atom stereocenters. The van der Waals surface area contributed by atoms with Gasteiger partial charge in [-0.2, -0.15) is 0 Å². The fourth-order valence-electron chi connectivity index (χ4n) is 2.92. The molecule has 9 nitrogen and oxygen atoms in total. The molecule has 32 heavy (non-hydrogen) atoms. The summed E-state index contributed by atoms with van der Waals surface area (Å²) in [5.74, 6) is 0.946. The first-order valence-corrected chi connectivity index (χ1v) is 10.8. The molecule has 1 aliphatic heterocycles. The Balaban J connectivity index is 1.86. The second kappa shape index (κ2) is 9.82. The van der Waals surface area contributed by atoms with E-state index in [9.17, 15) is 14.9 Å². The summed E-state index contributed by atoms with van der Waals surface area (Å²) in [5, 5.41) is 11.5. The summed E-state index contributed by atoms with van der Waals surface area (Å²) >= 11 is 1.35. The number of aliphatic imine (C=N–C) groups is 1. The van der Waals surface area contributed by atoms with E-state index >= 15 is 0 Å². The van der Waals surface area contributed by atoms with Crippen LogP contribution in [-0.2, 0) is 4.79 Å². The van der Waals surface area contributed by atoms with Crippen molar-refractivity contribution < 1.29 is 19.2 Å². The first kappa shape index (κ1) is 23.3. The highest BCUT2D eigenvalue weighted by atomic mass is 32.2. The molecular weight excluding hydrogens is 432 g/mol. The van der Waals surface area contributed by atoms with Crippen molar-refractivity contribution in [2.75, 3.05) is 7.11 Å². The number of amides is 1. The Hall–Kier alpha value is -3.40. The second-order valence-electron chi connectivity index (χ2n) is 7.51. The first-order chi connectivity index (χ1) is 15.2. The van der Waals surface area contributed by atoms with E-state index in [1.807, 2.05) is 27.7 Å². The van der Waals surface area contributed by atoms with Gasteiger partial charge < -0.3 is 9.47 Å². The van der Waals surface area contributed by atoms with Gasteiger partial charge in [0, 0.05) is 24.2 Å². The van der Waals surface area contributed by atoms with Crippen LogP contribution < -0.4 is 9.47 Å². The zero-order chi connectivity index (χ0) is 23.4. The first-order valence-electron chi connectivity index (χ1n) is 9.96. The number of methoxy groups -OCH3 is 1. The minimum atomic E-state index is -0.528. The van der Waals surface area contributed by atoms with Gasteiger partial charge in [0.15, 0.2) is 16.7 Å². The fourth-order valence-corrected chi connectivity index (χ4v) is 4.15. The molecule has 0 bridgehead atoms. The average molecular weight is 457 g/mol. The molecule has 0 saturated carbocycles. The van der Waals surface area contributed by atoms with Crippen LogP contribution in [0.25, 0.3) is 6.08 Å². The SMILES string of the molecule is COc1cc(/C=C2/SC(=NC(C)C)N(C(C)C)C2=O)ccc1Oc1ccc([N+](=O)[O-])cn1. The van der Waals surface area contributed by atoms with E-state index in [2.05, 4.69) is 9.98 Å². The van der Waals surface area contributed by atoms with Crippen LogP contribution in [0.1, 0.15) is 33.3 Å². The van der Waals surface area contributed by atoms with Crippen molar-refractivity contribution in [2.45, 2.75) is 39.8 Å². The monoisotopic (exact) mass is 456 g/mol. The van der Waals surface area contributed by atoms with Gasteiger partial charge in [0.2, 0.25) is 5.88 Å². The van der Waals surface area contributed by atoms with Gasteiger partial charge in [0.1, 0.15) is 6.20 Å². The largest absolute Gasteiger partial charge is 0.493 e. The molecule has 2 aromatic rings. The normalized spacial score (nSPS) is 16.5. The van der Waals surface area contributed by atoms with Crippen LogP contribution in [0.4, 0.5) is 5.69 Å². The van der Waals surface area contributed by atoms with E-state index in [1.165, 1.54) is 31.0 Å². The Bertz CT molecular complexity index is 1080. The number of nitrogens with zero attached hydrogens (tertiary/aromatic N) is 4. The van der Waals surface area contributed by atoms with Gasteiger partial charge in [-0.1, -0.05) is 6.07 Å². The smallest absolute Gasteiger partial charge is 0.287 e. The molecule has 2 heterocycles. The molecule has 0 atom stereocenters. The number of carbonyl (C=O) groups is 1. The number of pyridine rings is 1. The van der Waals surface area contributed by atoms with E-state index in [1.54, 1.807) is 29.2 Å². The lowest BCUT2D eigenvalue weighted by atomic mass is 10.1. The van der Waals surface area contributed by atoms with Crippen LogP contribution in [0, 0.1) is 10.1 Å². The van der Waals surface area contributed by atoms with Crippen molar-refractivity contribution in [1.82, 2.24) is 9.88 Å². The number of carbonyl (C=O) groups excluding carboxylic acids is 1. The molecule has 168 valence electrons. The molecule has 1 aromatic carbocycles. The summed E-state index contributed by atoms with van der Waals surface area (Å²) in [5.41, 5.74) is 0.636. The van der Waals surface area contributed by atoms with E-state index in [-0.39, 0.29) is 29.6 Å². The summed E-state index contributed by atoms with van der Waals surface area (Å²) in [6.07, 6.45) is 2.92. The van der Waals surface area contributed by atoms with Crippen molar-refractivity contribution in [1.29, 1.82) is 0 Å². The van der Waals surface area contributed by atoms with E-state index < -0.39 is 4.92 Å². The number of hydrogen-bond donors (Lipinski definition) is 0. The van der Waals surface area contributed by atoms with Gasteiger partial charge in [-0.3, -0.25) is 24.8 Å². The number of thioether (sulfide) groups is 1. The van der Waals surface area contributed by atoms with Crippen LogP contribution in [-0.4, -0.2) is 45.1 Å². The molecule has 0 spiro atoms. The van der Waals surface area contributed by atoms with E-state index in [0.717, 1.165) is 11.8 Å². The number of nitro groups is 1. The van der Waals surface area contributed by atoms with Crippen molar-refractivity contribution >= 4 is 34.6 Å². The van der Waals surface area contributed by atoms with Gasteiger partial charge in [0.05, 0.1) is 16.9 Å². The molecule has 1 aliphatic rings. The van der Waals surface area contributed by atoms with Crippen LogP contribution in [0.5, 0.6) is 17.4 Å². The van der Waals surface area contributed by atoms with Crippen LogP contribution >= 0.6 is 11.8 Å². The molecule has 1 aromatic heterocycles. The lowest BCUT2D eigenvalue weighted by molar-refractivity contribution is -0.385. The zero-order valence-corrected chi connectivity index (χ0v) is 19.3. The van der Waals surface area contributed by atoms with Gasteiger partial charge in [0.25, 0.3) is 11.6 Å². The van der Waals surface area contributed by atoms with Crippen molar-refractivity contribution in [3.63, 3.8) is 0 Å². The molecule has 1 amide bonds. The molecule has 0 radical (unpaired) electrons. The molecule has 1 saturated heterocycles. The van der Waals surface area contributed by atoms with Crippen LogP contribution in [0.2, 0.25) is 0 Å². The Morgan fingerprint density at radius 3 is 2.50 bits per heavy atom. The molecule has 0 N–H and O–H groups in total. The van der Waals surface area contributed by atoms with Gasteiger partial charge >= 0.3 is 0 Å². The Morgan fingerprint density at radius 2 is 1.94 bits per heavy atom. The quantitative estimate of drug-likeness (QED) is 0.332. The number of aromatic nitrogens is 1. The average Bonchev–Trinajstić information content (AvgIpc) is 3.03. The summed E-state index contributed by atoms with van der Waals surface area (Å²) in [7, 11) is 1.51. The predicted octanol–water partition coefficient (Wildman–Crippen LogP) is 4.88. The number of hydrogen-bond acceptors (Lipinski definition) is 8. The highest BCUT2D eigenvalue weighted by molar-refractivity contribution is 8.18.